The Morgan fingerprint density at radius 2 is 1.92 bits per heavy atom. The van der Waals surface area contributed by atoms with Gasteiger partial charge in [-0.1, -0.05) is 30.3 Å². The Balaban J connectivity index is 2.06. The number of fused-ring (bicyclic) bond motifs is 1. The van der Waals surface area contributed by atoms with Crippen molar-refractivity contribution in [2.45, 2.75) is 0 Å². The van der Waals surface area contributed by atoms with Crippen LogP contribution < -0.4 is 5.56 Å². The number of carbonyl (C=O) groups excluding carboxylic acids is 1. The fraction of sp³-hybridized carbons (Fsp3) is 0.0556. The van der Waals surface area contributed by atoms with Crippen molar-refractivity contribution in [1.29, 1.82) is 0 Å². The lowest BCUT2D eigenvalue weighted by Crippen LogP contribution is -2.12. The molecule has 0 spiro atoms. The van der Waals surface area contributed by atoms with E-state index in [1.54, 1.807) is 36.4 Å². The van der Waals surface area contributed by atoms with Gasteiger partial charge in [0.1, 0.15) is 11.5 Å². The molecule has 0 aliphatic carbocycles. The second-order valence-electron chi connectivity index (χ2n) is 5.07. The molecule has 6 nitrogen and oxygen atoms in total. The normalized spacial score (nSPS) is 11.5. The quantitative estimate of drug-likeness (QED) is 0.571. The van der Waals surface area contributed by atoms with Crippen LogP contribution in [0.1, 0.15) is 21.6 Å². The van der Waals surface area contributed by atoms with Crippen LogP contribution in [0.3, 0.4) is 0 Å². The number of H-pyrrole nitrogens is 1. The summed E-state index contributed by atoms with van der Waals surface area (Å²) in [4.78, 5) is 30.6. The summed E-state index contributed by atoms with van der Waals surface area (Å²) in [6.07, 6.45) is 1.31. The van der Waals surface area contributed by atoms with Crippen molar-refractivity contribution in [1.82, 2.24) is 9.97 Å². The van der Waals surface area contributed by atoms with Gasteiger partial charge in [-0.25, -0.2) is 9.78 Å². The fourth-order valence-electron chi connectivity index (χ4n) is 2.26. The third-order valence-electron chi connectivity index (χ3n) is 3.48. The molecule has 2 N–H and O–H groups in total. The number of aromatic nitrogens is 2. The van der Waals surface area contributed by atoms with E-state index in [-0.39, 0.29) is 11.5 Å². The molecule has 0 saturated carbocycles. The third kappa shape index (κ3) is 3.03. The molecule has 6 heteroatoms. The van der Waals surface area contributed by atoms with Crippen LogP contribution in [0.2, 0.25) is 0 Å². The number of hydrogen-bond acceptors (Lipinski definition) is 5. The van der Waals surface area contributed by atoms with Gasteiger partial charge in [0.25, 0.3) is 5.56 Å². The number of nitrogens with zero attached hydrogens (tertiary/aromatic N) is 1. The SMILES string of the molecule is COC(=O)c1ccc2nc(/C=C(\O)c3ccccc3)c(=O)[nH]c2c1. The average molecular weight is 322 g/mol. The van der Waals surface area contributed by atoms with E-state index in [1.165, 1.54) is 19.3 Å². The van der Waals surface area contributed by atoms with E-state index < -0.39 is 11.5 Å². The first-order valence-electron chi connectivity index (χ1n) is 7.17. The zero-order valence-corrected chi connectivity index (χ0v) is 12.8. The predicted octanol–water partition coefficient (Wildman–Crippen LogP) is 2.77. The van der Waals surface area contributed by atoms with E-state index in [2.05, 4.69) is 14.7 Å². The molecule has 24 heavy (non-hydrogen) atoms. The van der Waals surface area contributed by atoms with Crippen LogP contribution in [0.4, 0.5) is 0 Å². The van der Waals surface area contributed by atoms with E-state index in [9.17, 15) is 14.7 Å². The van der Waals surface area contributed by atoms with Crippen molar-refractivity contribution in [2.75, 3.05) is 7.11 Å². The molecule has 0 bridgehead atoms. The number of carbonyl (C=O) groups is 1. The first kappa shape index (κ1) is 15.5. The van der Waals surface area contributed by atoms with Crippen LogP contribution in [0.15, 0.2) is 53.3 Å². The molecule has 0 aliphatic rings. The number of aliphatic hydroxyl groups is 1. The molecule has 0 atom stereocenters. The van der Waals surface area contributed by atoms with Gasteiger partial charge < -0.3 is 14.8 Å². The number of ether oxygens (including phenoxy) is 1. The van der Waals surface area contributed by atoms with Gasteiger partial charge in [0.2, 0.25) is 0 Å². The maximum atomic E-state index is 12.2. The van der Waals surface area contributed by atoms with E-state index in [0.29, 0.717) is 22.2 Å². The average Bonchev–Trinajstić information content (AvgIpc) is 2.62. The molecule has 0 amide bonds. The maximum Gasteiger partial charge on any atom is 0.337 e. The molecule has 0 unspecified atom stereocenters. The number of nitrogens with one attached hydrogen (secondary N) is 1. The lowest BCUT2D eigenvalue weighted by Gasteiger charge is -2.03. The minimum Gasteiger partial charge on any atom is -0.507 e. The molecule has 120 valence electrons. The van der Waals surface area contributed by atoms with Gasteiger partial charge in [-0.05, 0) is 18.2 Å². The third-order valence-corrected chi connectivity index (χ3v) is 3.48. The summed E-state index contributed by atoms with van der Waals surface area (Å²) in [5.41, 5.74) is 1.42. The van der Waals surface area contributed by atoms with Crippen LogP contribution in [0.5, 0.6) is 0 Å². The second-order valence-corrected chi connectivity index (χ2v) is 5.07. The molecule has 1 aromatic heterocycles. The van der Waals surface area contributed by atoms with Gasteiger partial charge in [-0.3, -0.25) is 4.79 Å². The Morgan fingerprint density at radius 3 is 2.62 bits per heavy atom. The highest BCUT2D eigenvalue weighted by atomic mass is 16.5. The van der Waals surface area contributed by atoms with Crippen LogP contribution in [0.25, 0.3) is 22.9 Å². The standard InChI is InChI=1S/C18H14N2O4/c1-24-18(23)12-7-8-13-14(9-12)20-17(22)15(19-13)10-16(21)11-5-3-2-4-6-11/h2-10,21H,1H3,(H,20,22)/b16-10-. The molecule has 1 heterocycles. The number of methoxy groups -OCH3 is 1. The summed E-state index contributed by atoms with van der Waals surface area (Å²) in [5.74, 6) is -0.553. The minimum absolute atomic E-state index is 0.0564. The summed E-state index contributed by atoms with van der Waals surface area (Å²) < 4.78 is 4.65. The highest BCUT2D eigenvalue weighted by Crippen LogP contribution is 2.15. The Bertz CT molecular complexity index is 991. The van der Waals surface area contributed by atoms with Crippen molar-refractivity contribution in [3.05, 3.63) is 75.7 Å². The Hall–Kier alpha value is -3.41. The second kappa shape index (κ2) is 6.37. The van der Waals surface area contributed by atoms with Crippen molar-refractivity contribution in [2.24, 2.45) is 0 Å². The van der Waals surface area contributed by atoms with Crippen molar-refractivity contribution < 1.29 is 14.6 Å². The van der Waals surface area contributed by atoms with Crippen molar-refractivity contribution >= 4 is 28.8 Å². The molecule has 0 aliphatic heterocycles. The Morgan fingerprint density at radius 1 is 1.17 bits per heavy atom. The summed E-state index contributed by atoms with van der Waals surface area (Å²) in [6, 6.07) is 13.5. The number of hydrogen-bond donors (Lipinski definition) is 2. The van der Waals surface area contributed by atoms with Gasteiger partial charge in [0.05, 0.1) is 23.7 Å². The monoisotopic (exact) mass is 322 g/mol. The summed E-state index contributed by atoms with van der Waals surface area (Å²) in [5, 5.41) is 10.1. The first-order valence-corrected chi connectivity index (χ1v) is 7.17. The van der Waals surface area contributed by atoms with E-state index in [0.717, 1.165) is 0 Å². The maximum absolute atomic E-state index is 12.2. The lowest BCUT2D eigenvalue weighted by molar-refractivity contribution is 0.0601. The molecule has 2 aromatic carbocycles. The number of aromatic amines is 1. The molecular weight excluding hydrogens is 308 g/mol. The predicted molar refractivity (Wildman–Crippen MR) is 90.6 cm³/mol. The van der Waals surface area contributed by atoms with Crippen LogP contribution in [-0.4, -0.2) is 28.2 Å². The Kier molecular flexibility index (Phi) is 4.11. The zero-order valence-electron chi connectivity index (χ0n) is 12.8. The van der Waals surface area contributed by atoms with Gasteiger partial charge in [0.15, 0.2) is 0 Å². The molecular formula is C18H14N2O4. The smallest absolute Gasteiger partial charge is 0.337 e. The molecule has 3 rings (SSSR count). The van der Waals surface area contributed by atoms with Crippen LogP contribution >= 0.6 is 0 Å². The van der Waals surface area contributed by atoms with Gasteiger partial charge in [0, 0.05) is 11.6 Å². The fourth-order valence-corrected chi connectivity index (χ4v) is 2.26. The summed E-state index contributed by atoms with van der Waals surface area (Å²) in [7, 11) is 1.29. The number of aliphatic hydroxyl groups excluding tert-OH is 1. The van der Waals surface area contributed by atoms with Crippen LogP contribution in [0, 0.1) is 0 Å². The topological polar surface area (TPSA) is 92.3 Å². The largest absolute Gasteiger partial charge is 0.507 e. The molecule has 3 aromatic rings. The van der Waals surface area contributed by atoms with Crippen LogP contribution in [-0.2, 0) is 4.74 Å². The van der Waals surface area contributed by atoms with Gasteiger partial charge in [-0.2, -0.15) is 0 Å². The van der Waals surface area contributed by atoms with E-state index in [1.807, 2.05) is 6.07 Å². The van der Waals surface area contributed by atoms with Crippen molar-refractivity contribution in [3.63, 3.8) is 0 Å². The molecule has 0 saturated heterocycles. The van der Waals surface area contributed by atoms with Crippen molar-refractivity contribution in [3.8, 4) is 0 Å². The minimum atomic E-state index is -0.497. The number of rotatable bonds is 3. The molecule has 0 fully saturated rings. The van der Waals surface area contributed by atoms with E-state index >= 15 is 0 Å². The molecule has 0 radical (unpaired) electrons. The first-order chi connectivity index (χ1) is 11.6. The highest BCUT2D eigenvalue weighted by molar-refractivity contribution is 5.93. The van der Waals surface area contributed by atoms with E-state index in [4.69, 9.17) is 0 Å². The van der Waals surface area contributed by atoms with Gasteiger partial charge in [-0.15, -0.1) is 0 Å². The zero-order chi connectivity index (χ0) is 17.1. The lowest BCUT2D eigenvalue weighted by atomic mass is 10.1. The highest BCUT2D eigenvalue weighted by Gasteiger charge is 2.09. The summed E-state index contributed by atoms with van der Waals surface area (Å²) >= 11 is 0. The van der Waals surface area contributed by atoms with Gasteiger partial charge >= 0.3 is 5.97 Å². The Labute approximate surface area is 137 Å². The number of benzene rings is 2. The summed E-state index contributed by atoms with van der Waals surface area (Å²) in [6.45, 7) is 0. The number of esters is 1.